The fourth-order valence-electron chi connectivity index (χ4n) is 1.03. The van der Waals surface area contributed by atoms with Gasteiger partial charge in [-0.05, 0) is 6.54 Å². The van der Waals surface area contributed by atoms with Crippen molar-refractivity contribution in [3.05, 3.63) is 0 Å². The second-order valence-corrected chi connectivity index (χ2v) is 2.18. The molecule has 0 aromatic heterocycles. The molecule has 1 rings (SSSR count). The van der Waals surface area contributed by atoms with Crippen LogP contribution in [-0.4, -0.2) is 37.6 Å². The van der Waals surface area contributed by atoms with Gasteiger partial charge >= 0.3 is 0 Å². The monoisotopic (exact) mass is 140 g/mol. The summed E-state index contributed by atoms with van der Waals surface area (Å²) in [4.78, 5) is 2.45. The van der Waals surface area contributed by atoms with E-state index in [0.29, 0.717) is 0 Å². The maximum Gasteiger partial charge on any atom is 0.0107 e. The summed E-state index contributed by atoms with van der Waals surface area (Å²) in [6.07, 6.45) is 8.00. The number of likely N-dealkylation sites (N-methyl/N-ethyl adjacent to an activating group) is 1. The second kappa shape index (κ2) is 6.60. The minimum atomic E-state index is 1.17. The van der Waals surface area contributed by atoms with Gasteiger partial charge in [-0.2, -0.15) is 0 Å². The van der Waals surface area contributed by atoms with Gasteiger partial charge in [0.15, 0.2) is 0 Å². The fourth-order valence-corrected chi connectivity index (χ4v) is 1.03. The normalized spacial score (nSPS) is 19.1. The van der Waals surface area contributed by atoms with Crippen molar-refractivity contribution in [3.63, 3.8) is 0 Å². The van der Waals surface area contributed by atoms with E-state index in [-0.39, 0.29) is 0 Å². The molecule has 0 radical (unpaired) electrons. The maximum absolute atomic E-state index is 4.00. The zero-order valence-corrected chi connectivity index (χ0v) is 6.64. The Morgan fingerprint density at radius 2 is 1.80 bits per heavy atom. The number of terminal acetylenes is 1. The molecule has 1 heterocycles. The first-order valence-electron chi connectivity index (χ1n) is 3.70. The van der Waals surface area contributed by atoms with Crippen LogP contribution in [0.5, 0.6) is 0 Å². The van der Waals surface area contributed by atoms with E-state index in [0.717, 1.165) is 0 Å². The Balaban J connectivity index is 0.000000371. The highest BCUT2D eigenvalue weighted by Gasteiger charge is 2.04. The molecule has 2 heteroatoms. The van der Waals surface area contributed by atoms with E-state index >= 15 is 0 Å². The summed E-state index contributed by atoms with van der Waals surface area (Å²) < 4.78 is 0. The molecule has 0 amide bonds. The first-order chi connectivity index (χ1) is 4.93. The average Bonchev–Trinajstić information content (AvgIpc) is 2.10. The predicted molar refractivity (Wildman–Crippen MR) is 44.9 cm³/mol. The standard InChI is InChI=1S/C6H14N2.C2H2/c1-2-8-5-3-7-4-6-8;1-2/h7H,2-6H2,1H3;1-2H. The first kappa shape index (κ1) is 9.48. The van der Waals surface area contributed by atoms with E-state index in [4.69, 9.17) is 0 Å². The average molecular weight is 140 g/mol. The van der Waals surface area contributed by atoms with E-state index in [1.807, 2.05) is 0 Å². The van der Waals surface area contributed by atoms with Crippen molar-refractivity contribution in [2.75, 3.05) is 32.7 Å². The molecule has 0 saturated carbocycles. The number of nitrogens with one attached hydrogen (secondary N) is 1. The van der Waals surface area contributed by atoms with Gasteiger partial charge in [-0.3, -0.25) is 0 Å². The molecule has 1 aliphatic rings. The molecule has 0 aromatic carbocycles. The van der Waals surface area contributed by atoms with E-state index in [2.05, 4.69) is 30.0 Å². The molecule has 0 unspecified atom stereocenters. The van der Waals surface area contributed by atoms with Crippen molar-refractivity contribution in [2.24, 2.45) is 0 Å². The molecule has 2 nitrogen and oxygen atoms in total. The molecule has 1 fully saturated rings. The number of nitrogens with zero attached hydrogens (tertiary/aromatic N) is 1. The molecule has 0 aliphatic carbocycles. The highest BCUT2D eigenvalue weighted by Crippen LogP contribution is 1.88. The van der Waals surface area contributed by atoms with E-state index in [1.54, 1.807) is 0 Å². The lowest BCUT2D eigenvalue weighted by Gasteiger charge is -2.25. The van der Waals surface area contributed by atoms with Crippen molar-refractivity contribution in [2.45, 2.75) is 6.92 Å². The van der Waals surface area contributed by atoms with E-state index < -0.39 is 0 Å². The van der Waals surface area contributed by atoms with Crippen LogP contribution in [0.1, 0.15) is 6.92 Å². The van der Waals surface area contributed by atoms with Crippen LogP contribution in [-0.2, 0) is 0 Å². The molecule has 1 N–H and O–H groups in total. The third kappa shape index (κ3) is 3.49. The summed E-state index contributed by atoms with van der Waals surface area (Å²) >= 11 is 0. The summed E-state index contributed by atoms with van der Waals surface area (Å²) in [5.41, 5.74) is 0. The van der Waals surface area contributed by atoms with Crippen LogP contribution in [0, 0.1) is 12.8 Å². The lowest BCUT2D eigenvalue weighted by molar-refractivity contribution is 0.253. The SMILES string of the molecule is C#C.CCN1CCNCC1. The summed E-state index contributed by atoms with van der Waals surface area (Å²) in [5, 5.41) is 3.31. The molecule has 1 saturated heterocycles. The van der Waals surface area contributed by atoms with Crippen molar-refractivity contribution in [3.8, 4) is 12.8 Å². The topological polar surface area (TPSA) is 15.3 Å². The summed E-state index contributed by atoms with van der Waals surface area (Å²) in [5.74, 6) is 0. The zero-order valence-electron chi connectivity index (χ0n) is 6.64. The summed E-state index contributed by atoms with van der Waals surface area (Å²) in [7, 11) is 0. The maximum atomic E-state index is 4.00. The molecule has 10 heavy (non-hydrogen) atoms. The smallest absolute Gasteiger partial charge is 0.0107 e. The fraction of sp³-hybridized carbons (Fsp3) is 0.750. The van der Waals surface area contributed by atoms with Crippen LogP contribution < -0.4 is 5.32 Å². The molecular weight excluding hydrogens is 124 g/mol. The lowest BCUT2D eigenvalue weighted by atomic mass is 10.4. The minimum absolute atomic E-state index is 1.17. The predicted octanol–water partition coefficient (Wildman–Crippen LogP) is 0.161. The molecule has 1 aliphatic heterocycles. The lowest BCUT2D eigenvalue weighted by Crippen LogP contribution is -2.43. The molecular formula is C8H16N2. The molecule has 0 bridgehead atoms. The van der Waals surface area contributed by atoms with Crippen LogP contribution in [0.15, 0.2) is 0 Å². The van der Waals surface area contributed by atoms with Gasteiger partial charge in [0.25, 0.3) is 0 Å². The Kier molecular flexibility index (Phi) is 6.25. The molecule has 0 aromatic rings. The number of piperazine rings is 1. The Bertz CT molecular complexity index is 82.5. The van der Waals surface area contributed by atoms with Crippen LogP contribution in [0.2, 0.25) is 0 Å². The molecule has 58 valence electrons. The molecule has 0 atom stereocenters. The quantitative estimate of drug-likeness (QED) is 0.522. The van der Waals surface area contributed by atoms with Gasteiger partial charge in [0, 0.05) is 26.2 Å². The summed E-state index contributed by atoms with van der Waals surface area (Å²) in [6.45, 7) is 8.24. The second-order valence-electron chi connectivity index (χ2n) is 2.18. The third-order valence-electron chi connectivity index (χ3n) is 1.66. The van der Waals surface area contributed by atoms with Crippen molar-refractivity contribution in [1.29, 1.82) is 0 Å². The van der Waals surface area contributed by atoms with Crippen LogP contribution >= 0.6 is 0 Å². The first-order valence-corrected chi connectivity index (χ1v) is 3.70. The Hall–Kier alpha value is -0.520. The van der Waals surface area contributed by atoms with Crippen LogP contribution in [0.3, 0.4) is 0 Å². The largest absolute Gasteiger partial charge is 0.314 e. The van der Waals surface area contributed by atoms with Gasteiger partial charge in [-0.25, -0.2) is 0 Å². The zero-order chi connectivity index (χ0) is 7.82. The Labute approximate surface area is 63.6 Å². The van der Waals surface area contributed by atoms with Gasteiger partial charge in [-0.15, -0.1) is 12.8 Å². The number of hydrogen-bond donors (Lipinski definition) is 1. The van der Waals surface area contributed by atoms with Gasteiger partial charge in [0.05, 0.1) is 0 Å². The summed E-state index contributed by atoms with van der Waals surface area (Å²) in [6, 6.07) is 0. The molecule has 0 spiro atoms. The Morgan fingerprint density at radius 3 is 2.10 bits per heavy atom. The van der Waals surface area contributed by atoms with Gasteiger partial charge < -0.3 is 10.2 Å². The van der Waals surface area contributed by atoms with Gasteiger partial charge in [0.2, 0.25) is 0 Å². The minimum Gasteiger partial charge on any atom is -0.314 e. The van der Waals surface area contributed by atoms with Crippen molar-refractivity contribution < 1.29 is 0 Å². The van der Waals surface area contributed by atoms with Crippen LogP contribution in [0.4, 0.5) is 0 Å². The van der Waals surface area contributed by atoms with E-state index in [9.17, 15) is 0 Å². The van der Waals surface area contributed by atoms with Crippen molar-refractivity contribution in [1.82, 2.24) is 10.2 Å². The van der Waals surface area contributed by atoms with Gasteiger partial charge in [0.1, 0.15) is 0 Å². The van der Waals surface area contributed by atoms with E-state index in [1.165, 1.54) is 32.7 Å². The van der Waals surface area contributed by atoms with Crippen molar-refractivity contribution >= 4 is 0 Å². The third-order valence-corrected chi connectivity index (χ3v) is 1.66. The highest BCUT2D eigenvalue weighted by molar-refractivity contribution is 4.64. The number of rotatable bonds is 1. The Morgan fingerprint density at radius 1 is 1.30 bits per heavy atom. The number of hydrogen-bond acceptors (Lipinski definition) is 2. The van der Waals surface area contributed by atoms with Gasteiger partial charge in [-0.1, -0.05) is 6.92 Å². The van der Waals surface area contributed by atoms with Crippen LogP contribution in [0.25, 0.3) is 0 Å². The highest BCUT2D eigenvalue weighted by atomic mass is 15.2.